The zero-order chi connectivity index (χ0) is 9.68. The predicted octanol–water partition coefficient (Wildman–Crippen LogP) is 0.305. The molecule has 70 valence electrons. The van der Waals surface area contributed by atoms with E-state index in [2.05, 4.69) is 19.4 Å². The third kappa shape index (κ3) is 2.58. The minimum atomic E-state index is -0.916. The summed E-state index contributed by atoms with van der Waals surface area (Å²) in [6.45, 7) is 1.83. The number of aromatic nitrogens is 2. The number of aromatic amines is 1. The molecule has 0 radical (unpaired) electrons. The molecule has 6 nitrogen and oxygen atoms in total. The number of hydrogen-bond acceptors (Lipinski definition) is 5. The van der Waals surface area contributed by atoms with Crippen LogP contribution in [0.3, 0.4) is 0 Å². The second-order valence-electron chi connectivity index (χ2n) is 2.03. The molecule has 0 amide bonds. The Morgan fingerprint density at radius 1 is 1.69 bits per heavy atom. The first-order valence-corrected chi connectivity index (χ1v) is 3.61. The van der Waals surface area contributed by atoms with Crippen LogP contribution in [0, 0.1) is 0 Å². The topological polar surface area (TPSA) is 81.3 Å². The number of carbonyl (C=O) groups is 1. The van der Waals surface area contributed by atoms with Gasteiger partial charge in [-0.05, 0) is 6.92 Å². The van der Waals surface area contributed by atoms with Crippen LogP contribution < -0.4 is 10.3 Å². The fourth-order valence-electron chi connectivity index (χ4n) is 0.640. The first-order valence-electron chi connectivity index (χ1n) is 3.61. The third-order valence-electron chi connectivity index (χ3n) is 1.14. The number of H-pyrrole nitrogens is 1. The van der Waals surface area contributed by atoms with Gasteiger partial charge in [0, 0.05) is 0 Å². The molecule has 0 spiro atoms. The van der Waals surface area contributed by atoms with Gasteiger partial charge in [0.15, 0.2) is 0 Å². The predicted molar refractivity (Wildman–Crippen MR) is 42.5 cm³/mol. The number of nitrogens with one attached hydrogen (secondary N) is 1. The van der Waals surface area contributed by atoms with Gasteiger partial charge in [-0.3, -0.25) is 4.79 Å². The van der Waals surface area contributed by atoms with Crippen molar-refractivity contribution in [2.45, 2.75) is 6.92 Å². The molecule has 0 fully saturated rings. The van der Waals surface area contributed by atoms with E-state index >= 15 is 0 Å². The van der Waals surface area contributed by atoms with E-state index in [0.29, 0.717) is 0 Å². The highest BCUT2D eigenvalue weighted by Gasteiger charge is 2.07. The Kier molecular flexibility index (Phi) is 3.02. The molecule has 6 heteroatoms. The second kappa shape index (κ2) is 4.24. The lowest BCUT2D eigenvalue weighted by Gasteiger charge is -2.00. The average Bonchev–Trinajstić information content (AvgIpc) is 2.09. The molecule has 1 N–H and O–H groups in total. The number of nitrogens with zero attached hydrogens (tertiary/aromatic N) is 1. The van der Waals surface area contributed by atoms with Gasteiger partial charge >= 0.3 is 6.16 Å². The fourth-order valence-corrected chi connectivity index (χ4v) is 0.640. The van der Waals surface area contributed by atoms with E-state index in [1.54, 1.807) is 6.92 Å². The van der Waals surface area contributed by atoms with Crippen LogP contribution >= 0.6 is 0 Å². The van der Waals surface area contributed by atoms with Gasteiger partial charge in [0.05, 0.1) is 19.1 Å². The molecule has 0 aliphatic carbocycles. The van der Waals surface area contributed by atoms with Gasteiger partial charge in [-0.1, -0.05) is 0 Å². The maximum absolute atomic E-state index is 10.9. The SMILES string of the molecule is CCOC(=O)Oc1cnc[nH]c1=O. The monoisotopic (exact) mass is 184 g/mol. The summed E-state index contributed by atoms with van der Waals surface area (Å²) in [5, 5.41) is 0. The minimum Gasteiger partial charge on any atom is -0.434 e. The molecule has 0 aliphatic rings. The number of rotatable bonds is 2. The summed E-state index contributed by atoms with van der Waals surface area (Å²) in [6, 6.07) is 0. The van der Waals surface area contributed by atoms with Crippen LogP contribution in [0.2, 0.25) is 0 Å². The zero-order valence-corrected chi connectivity index (χ0v) is 6.94. The van der Waals surface area contributed by atoms with Crippen molar-refractivity contribution in [2.24, 2.45) is 0 Å². The van der Waals surface area contributed by atoms with Gasteiger partial charge in [-0.25, -0.2) is 9.78 Å². The van der Waals surface area contributed by atoms with E-state index in [-0.39, 0.29) is 12.4 Å². The first kappa shape index (κ1) is 9.24. The molecule has 1 aromatic heterocycles. The average molecular weight is 184 g/mol. The fraction of sp³-hybridized carbons (Fsp3) is 0.286. The van der Waals surface area contributed by atoms with Crippen LogP contribution in [0.5, 0.6) is 5.75 Å². The van der Waals surface area contributed by atoms with Crippen molar-refractivity contribution in [3.63, 3.8) is 0 Å². The lowest BCUT2D eigenvalue weighted by atomic mass is 10.6. The van der Waals surface area contributed by atoms with Gasteiger partial charge in [0.25, 0.3) is 5.56 Å². The van der Waals surface area contributed by atoms with Crippen molar-refractivity contribution in [1.29, 1.82) is 0 Å². The molecule has 0 saturated carbocycles. The van der Waals surface area contributed by atoms with Gasteiger partial charge in [0.2, 0.25) is 5.75 Å². The first-order chi connectivity index (χ1) is 6.24. The maximum Gasteiger partial charge on any atom is 0.514 e. The maximum atomic E-state index is 10.9. The van der Waals surface area contributed by atoms with Crippen molar-refractivity contribution in [1.82, 2.24) is 9.97 Å². The van der Waals surface area contributed by atoms with E-state index in [0.717, 1.165) is 6.20 Å². The smallest absolute Gasteiger partial charge is 0.434 e. The third-order valence-corrected chi connectivity index (χ3v) is 1.14. The molecule has 0 bridgehead atoms. The normalized spacial score (nSPS) is 9.31. The molecule has 0 aromatic carbocycles. The Bertz CT molecular complexity index is 346. The minimum absolute atomic E-state index is 0.180. The molecule has 0 aliphatic heterocycles. The lowest BCUT2D eigenvalue weighted by Crippen LogP contribution is -2.17. The Balaban J connectivity index is 2.69. The lowest BCUT2D eigenvalue weighted by molar-refractivity contribution is 0.103. The summed E-state index contributed by atoms with van der Waals surface area (Å²) in [7, 11) is 0. The number of ether oxygens (including phenoxy) is 2. The van der Waals surface area contributed by atoms with Crippen LogP contribution in [0.25, 0.3) is 0 Å². The molecule has 0 unspecified atom stereocenters. The van der Waals surface area contributed by atoms with Crippen molar-refractivity contribution >= 4 is 6.16 Å². The number of hydrogen-bond donors (Lipinski definition) is 1. The molecule has 1 rings (SSSR count). The zero-order valence-electron chi connectivity index (χ0n) is 6.94. The van der Waals surface area contributed by atoms with E-state index in [4.69, 9.17) is 0 Å². The Morgan fingerprint density at radius 2 is 2.46 bits per heavy atom. The van der Waals surface area contributed by atoms with E-state index in [1.165, 1.54) is 6.33 Å². The van der Waals surface area contributed by atoms with Crippen molar-refractivity contribution in [3.8, 4) is 5.75 Å². The molecule has 13 heavy (non-hydrogen) atoms. The van der Waals surface area contributed by atoms with Crippen LogP contribution in [-0.2, 0) is 4.74 Å². The van der Waals surface area contributed by atoms with Crippen LogP contribution in [-0.4, -0.2) is 22.7 Å². The summed E-state index contributed by atoms with van der Waals surface area (Å²) in [5.41, 5.74) is -0.525. The highest BCUT2D eigenvalue weighted by atomic mass is 16.7. The quantitative estimate of drug-likeness (QED) is 0.668. The van der Waals surface area contributed by atoms with E-state index in [1.807, 2.05) is 0 Å². The van der Waals surface area contributed by atoms with Crippen molar-refractivity contribution < 1.29 is 14.3 Å². The standard InChI is InChI=1S/C7H8N2O4/c1-2-12-7(11)13-5-3-8-4-9-6(5)10/h3-4H,2H2,1H3,(H,8,9,10). The highest BCUT2D eigenvalue weighted by molar-refractivity contribution is 5.63. The van der Waals surface area contributed by atoms with Crippen LogP contribution in [0.4, 0.5) is 4.79 Å². The van der Waals surface area contributed by atoms with Crippen molar-refractivity contribution in [3.05, 3.63) is 22.9 Å². The number of carbonyl (C=O) groups excluding carboxylic acids is 1. The van der Waals surface area contributed by atoms with Crippen LogP contribution in [0.15, 0.2) is 17.3 Å². The molecule has 0 saturated heterocycles. The van der Waals surface area contributed by atoms with Gasteiger partial charge < -0.3 is 14.5 Å². The summed E-state index contributed by atoms with van der Waals surface area (Å²) >= 11 is 0. The van der Waals surface area contributed by atoms with E-state index < -0.39 is 11.7 Å². The molecule has 0 atom stereocenters. The summed E-state index contributed by atoms with van der Waals surface area (Å²) < 4.78 is 8.98. The second-order valence-corrected chi connectivity index (χ2v) is 2.03. The summed E-state index contributed by atoms with van der Waals surface area (Å²) in [5.74, 6) is -0.180. The Labute approximate surface area is 73.5 Å². The van der Waals surface area contributed by atoms with Gasteiger partial charge in [-0.15, -0.1) is 0 Å². The molecule has 1 aromatic rings. The summed E-state index contributed by atoms with van der Waals surface area (Å²) in [6.07, 6.45) is 1.41. The van der Waals surface area contributed by atoms with E-state index in [9.17, 15) is 9.59 Å². The van der Waals surface area contributed by atoms with Gasteiger partial charge in [0.1, 0.15) is 0 Å². The summed E-state index contributed by atoms with van der Waals surface area (Å²) in [4.78, 5) is 27.5. The van der Waals surface area contributed by atoms with Crippen molar-refractivity contribution in [2.75, 3.05) is 6.61 Å². The highest BCUT2D eigenvalue weighted by Crippen LogP contribution is 1.98. The molecule has 1 heterocycles. The Morgan fingerprint density at radius 3 is 3.08 bits per heavy atom. The van der Waals surface area contributed by atoms with Gasteiger partial charge in [-0.2, -0.15) is 0 Å². The molecular formula is C7H8N2O4. The molecular weight excluding hydrogens is 176 g/mol. The largest absolute Gasteiger partial charge is 0.514 e. The van der Waals surface area contributed by atoms with Crippen LogP contribution in [0.1, 0.15) is 6.92 Å². The Hall–Kier alpha value is -1.85.